The number of rotatable bonds is 2. The van der Waals surface area contributed by atoms with Gasteiger partial charge in [0, 0.05) is 17.3 Å². The van der Waals surface area contributed by atoms with E-state index in [9.17, 15) is 8.78 Å². The summed E-state index contributed by atoms with van der Waals surface area (Å²) in [6.45, 7) is 1.56. The van der Waals surface area contributed by atoms with Gasteiger partial charge in [-0.25, -0.2) is 13.8 Å². The molecule has 0 aliphatic heterocycles. The lowest BCUT2D eigenvalue weighted by Crippen LogP contribution is -1.96. The number of halogens is 2. The van der Waals surface area contributed by atoms with Crippen LogP contribution in [0.4, 0.5) is 8.78 Å². The summed E-state index contributed by atoms with van der Waals surface area (Å²) in [5, 5.41) is 0. The van der Waals surface area contributed by atoms with Gasteiger partial charge in [0.1, 0.15) is 0 Å². The first-order valence-corrected chi connectivity index (χ1v) is 3.44. The fraction of sp³-hybridized carbons (Fsp3) is 0.375. The molecule has 12 heavy (non-hydrogen) atoms. The Bertz CT molecular complexity index is 276. The Kier molecular flexibility index (Phi) is 2.58. The Morgan fingerprint density at radius 3 is 2.67 bits per heavy atom. The fourth-order valence-corrected chi connectivity index (χ4v) is 0.973. The van der Waals surface area contributed by atoms with E-state index in [1.807, 2.05) is 0 Å². The maximum atomic E-state index is 12.3. The second-order valence-electron chi connectivity index (χ2n) is 2.34. The van der Waals surface area contributed by atoms with Gasteiger partial charge in [0.05, 0.1) is 7.11 Å². The maximum Gasteiger partial charge on any atom is 0.264 e. The smallest absolute Gasteiger partial charge is 0.264 e. The summed E-state index contributed by atoms with van der Waals surface area (Å²) in [5.41, 5.74) is 0.372. The van der Waals surface area contributed by atoms with Crippen molar-refractivity contribution in [3.63, 3.8) is 0 Å². The molecule has 66 valence electrons. The van der Waals surface area contributed by atoms with E-state index in [1.165, 1.54) is 19.4 Å². The van der Waals surface area contributed by atoms with Crippen molar-refractivity contribution < 1.29 is 13.5 Å². The minimum atomic E-state index is -2.47. The van der Waals surface area contributed by atoms with Gasteiger partial charge in [-0.3, -0.25) is 0 Å². The van der Waals surface area contributed by atoms with E-state index in [0.717, 1.165) is 0 Å². The molecule has 1 aromatic rings. The molecule has 0 amide bonds. The first-order valence-electron chi connectivity index (χ1n) is 3.44. The molecule has 1 aromatic heterocycles. The van der Waals surface area contributed by atoms with Crippen LogP contribution < -0.4 is 4.74 Å². The van der Waals surface area contributed by atoms with Crippen LogP contribution in [0, 0.1) is 6.92 Å². The first-order chi connectivity index (χ1) is 5.66. The molecule has 0 aliphatic rings. The van der Waals surface area contributed by atoms with Crippen molar-refractivity contribution in [2.24, 2.45) is 0 Å². The quantitative estimate of drug-likeness (QED) is 0.684. The summed E-state index contributed by atoms with van der Waals surface area (Å²) in [7, 11) is 1.41. The summed E-state index contributed by atoms with van der Waals surface area (Å²) in [5.74, 6) is 0.257. The molecule has 0 unspecified atom stereocenters. The van der Waals surface area contributed by atoms with Crippen LogP contribution in [0.3, 0.4) is 0 Å². The van der Waals surface area contributed by atoms with E-state index in [1.54, 1.807) is 6.92 Å². The number of alkyl halides is 2. The lowest BCUT2D eigenvalue weighted by Gasteiger charge is -2.07. The van der Waals surface area contributed by atoms with Crippen LogP contribution >= 0.6 is 0 Å². The first kappa shape index (κ1) is 8.90. The van der Waals surface area contributed by atoms with Gasteiger partial charge in [-0.05, 0) is 13.0 Å². The Morgan fingerprint density at radius 2 is 2.17 bits per heavy atom. The Morgan fingerprint density at radius 1 is 1.50 bits per heavy atom. The van der Waals surface area contributed by atoms with Crippen LogP contribution in [-0.2, 0) is 0 Å². The number of methoxy groups -OCH3 is 1. The molecule has 0 N–H and O–H groups in total. The van der Waals surface area contributed by atoms with E-state index in [2.05, 4.69) is 4.98 Å². The number of pyridine rings is 1. The molecule has 1 rings (SSSR count). The molecule has 1 heterocycles. The van der Waals surface area contributed by atoms with Gasteiger partial charge in [-0.1, -0.05) is 0 Å². The molecule has 0 aliphatic carbocycles. The summed E-state index contributed by atoms with van der Waals surface area (Å²) in [6, 6.07) is 1.29. The molecule has 2 nitrogen and oxygen atoms in total. The zero-order valence-electron chi connectivity index (χ0n) is 6.84. The Hall–Kier alpha value is -1.19. The van der Waals surface area contributed by atoms with Crippen LogP contribution in [0.5, 0.6) is 5.88 Å². The maximum absolute atomic E-state index is 12.3. The van der Waals surface area contributed by atoms with Crippen LogP contribution in [0.1, 0.15) is 17.6 Å². The topological polar surface area (TPSA) is 22.1 Å². The molecular formula is C8H9F2NO. The lowest BCUT2D eigenvalue weighted by molar-refractivity contribution is 0.150. The van der Waals surface area contributed by atoms with E-state index in [-0.39, 0.29) is 11.4 Å². The molecular weight excluding hydrogens is 164 g/mol. The van der Waals surface area contributed by atoms with Crippen LogP contribution in [0.25, 0.3) is 0 Å². The monoisotopic (exact) mass is 173 g/mol. The minimum Gasteiger partial charge on any atom is -0.481 e. The van der Waals surface area contributed by atoms with Crippen molar-refractivity contribution in [2.75, 3.05) is 7.11 Å². The minimum absolute atomic E-state index is 0.0261. The number of nitrogens with zero attached hydrogens (tertiary/aromatic N) is 1. The van der Waals surface area contributed by atoms with Gasteiger partial charge in [0.15, 0.2) is 0 Å². The van der Waals surface area contributed by atoms with E-state index in [4.69, 9.17) is 4.74 Å². The molecule has 0 spiro atoms. The lowest BCUT2D eigenvalue weighted by atomic mass is 10.1. The average molecular weight is 173 g/mol. The summed E-state index contributed by atoms with van der Waals surface area (Å²) >= 11 is 0. The Labute approximate surface area is 69.2 Å². The van der Waals surface area contributed by atoms with Crippen molar-refractivity contribution in [2.45, 2.75) is 13.3 Å². The highest BCUT2D eigenvalue weighted by Gasteiger charge is 2.13. The third kappa shape index (κ3) is 1.52. The van der Waals surface area contributed by atoms with E-state index in [0.29, 0.717) is 5.56 Å². The standard InChI is InChI=1S/C8H9F2NO/c1-5-6(7(9)10)3-4-11-8(5)12-2/h3-4,7H,1-2H3. The molecule has 0 saturated heterocycles. The molecule has 0 saturated carbocycles. The van der Waals surface area contributed by atoms with Gasteiger partial charge in [0.25, 0.3) is 6.43 Å². The number of ether oxygens (including phenoxy) is 1. The van der Waals surface area contributed by atoms with E-state index >= 15 is 0 Å². The predicted octanol–water partition coefficient (Wildman–Crippen LogP) is 2.34. The molecule has 4 heteroatoms. The third-order valence-corrected chi connectivity index (χ3v) is 1.63. The van der Waals surface area contributed by atoms with Gasteiger partial charge < -0.3 is 4.74 Å². The van der Waals surface area contributed by atoms with Gasteiger partial charge in [-0.15, -0.1) is 0 Å². The van der Waals surface area contributed by atoms with Crippen LogP contribution in [-0.4, -0.2) is 12.1 Å². The van der Waals surface area contributed by atoms with Crippen LogP contribution in [0.2, 0.25) is 0 Å². The predicted molar refractivity (Wildman–Crippen MR) is 40.5 cm³/mol. The number of hydrogen-bond acceptors (Lipinski definition) is 2. The molecule has 0 radical (unpaired) electrons. The van der Waals surface area contributed by atoms with E-state index < -0.39 is 6.43 Å². The highest BCUT2D eigenvalue weighted by molar-refractivity contribution is 5.33. The summed E-state index contributed by atoms with van der Waals surface area (Å²) in [4.78, 5) is 3.78. The highest BCUT2D eigenvalue weighted by atomic mass is 19.3. The fourth-order valence-electron chi connectivity index (χ4n) is 0.973. The molecule has 0 aromatic carbocycles. The second kappa shape index (κ2) is 3.47. The van der Waals surface area contributed by atoms with Crippen molar-refractivity contribution in [3.8, 4) is 5.88 Å². The molecule has 0 bridgehead atoms. The van der Waals surface area contributed by atoms with Gasteiger partial charge >= 0.3 is 0 Å². The normalized spacial score (nSPS) is 10.4. The number of hydrogen-bond donors (Lipinski definition) is 0. The second-order valence-corrected chi connectivity index (χ2v) is 2.34. The van der Waals surface area contributed by atoms with Gasteiger partial charge in [-0.2, -0.15) is 0 Å². The zero-order valence-corrected chi connectivity index (χ0v) is 6.84. The largest absolute Gasteiger partial charge is 0.481 e. The van der Waals surface area contributed by atoms with Crippen LogP contribution in [0.15, 0.2) is 12.3 Å². The average Bonchev–Trinajstić information content (AvgIpc) is 2.04. The highest BCUT2D eigenvalue weighted by Crippen LogP contribution is 2.26. The SMILES string of the molecule is COc1nccc(C(F)F)c1C. The summed E-state index contributed by atoms with van der Waals surface area (Å²) in [6.07, 6.45) is -1.16. The third-order valence-electron chi connectivity index (χ3n) is 1.63. The molecule has 0 atom stereocenters. The number of aromatic nitrogens is 1. The summed E-state index contributed by atoms with van der Waals surface area (Å²) < 4.78 is 29.3. The van der Waals surface area contributed by atoms with Crippen molar-refractivity contribution in [1.82, 2.24) is 4.98 Å². The zero-order chi connectivity index (χ0) is 9.14. The Balaban J connectivity index is 3.14. The van der Waals surface area contributed by atoms with Crippen molar-refractivity contribution in [1.29, 1.82) is 0 Å². The van der Waals surface area contributed by atoms with Crippen molar-refractivity contribution >= 4 is 0 Å². The van der Waals surface area contributed by atoms with Crippen molar-refractivity contribution in [3.05, 3.63) is 23.4 Å². The van der Waals surface area contributed by atoms with Gasteiger partial charge in [0.2, 0.25) is 5.88 Å². The molecule has 0 fully saturated rings.